The molecule has 1 amide bonds. The van der Waals surface area contributed by atoms with Gasteiger partial charge >= 0.3 is 5.97 Å². The summed E-state index contributed by atoms with van der Waals surface area (Å²) in [6.07, 6.45) is 4.58. The first kappa shape index (κ1) is 27.5. The van der Waals surface area contributed by atoms with Gasteiger partial charge in [0.2, 0.25) is 11.6 Å². The maximum Gasteiger partial charge on any atom is 0.343 e. The molecule has 0 bridgehead atoms. The molecule has 1 fully saturated rings. The smallest absolute Gasteiger partial charge is 0.343 e. The third-order valence-corrected chi connectivity index (χ3v) is 6.77. The minimum Gasteiger partial charge on any atom is -0.493 e. The SMILES string of the molecule is COc1cccc(C=NNC(=O)c2nnn(-c3nonc3N)c2CN2CCCCC2C)c1OC(=O)c1ccccc1. The second-order valence-corrected chi connectivity index (χ2v) is 9.42. The second kappa shape index (κ2) is 12.4. The summed E-state index contributed by atoms with van der Waals surface area (Å²) in [5.41, 5.74) is 9.67. The van der Waals surface area contributed by atoms with Crippen LogP contribution >= 0.6 is 0 Å². The Morgan fingerprint density at radius 2 is 2.00 bits per heavy atom. The lowest BCUT2D eigenvalue weighted by Crippen LogP contribution is -2.38. The highest BCUT2D eigenvalue weighted by atomic mass is 16.6. The predicted octanol–water partition coefficient (Wildman–Crippen LogP) is 2.60. The van der Waals surface area contributed by atoms with Crippen molar-refractivity contribution in [1.82, 2.24) is 35.6 Å². The second-order valence-electron chi connectivity index (χ2n) is 9.42. The number of aromatic nitrogens is 5. The number of amides is 1. The molecule has 0 saturated carbocycles. The highest BCUT2D eigenvalue weighted by Gasteiger charge is 2.28. The van der Waals surface area contributed by atoms with Crippen LogP contribution in [0.4, 0.5) is 5.82 Å². The molecule has 1 unspecified atom stereocenters. The van der Waals surface area contributed by atoms with Crippen LogP contribution in [0.3, 0.4) is 0 Å². The standard InChI is InChI=1S/C27H29N9O5/c1-17-9-6-7-14-35(17)16-20-22(30-34-36(20)25-24(28)32-41-33-25)26(37)31-29-15-19-12-8-13-21(39-2)23(19)40-27(38)18-10-4-3-5-11-18/h3-5,8,10-13,15,17H,6-7,9,14,16H2,1-2H3,(H2,28,32)(H,31,37). The minimum absolute atomic E-state index is 0.0171. The largest absolute Gasteiger partial charge is 0.493 e. The number of benzene rings is 2. The van der Waals surface area contributed by atoms with E-state index in [0.717, 1.165) is 25.8 Å². The number of anilines is 1. The van der Waals surface area contributed by atoms with Gasteiger partial charge in [0.25, 0.3) is 5.91 Å². The van der Waals surface area contributed by atoms with Crippen molar-refractivity contribution in [3.63, 3.8) is 0 Å². The van der Waals surface area contributed by atoms with E-state index in [1.165, 1.54) is 18.0 Å². The van der Waals surface area contributed by atoms with Gasteiger partial charge in [0.1, 0.15) is 0 Å². The molecule has 3 N–H and O–H groups in total. The highest BCUT2D eigenvalue weighted by Crippen LogP contribution is 2.31. The quantitative estimate of drug-likeness (QED) is 0.133. The van der Waals surface area contributed by atoms with E-state index >= 15 is 0 Å². The van der Waals surface area contributed by atoms with Gasteiger partial charge in [-0.3, -0.25) is 9.69 Å². The van der Waals surface area contributed by atoms with Crippen molar-refractivity contribution in [2.45, 2.75) is 38.8 Å². The zero-order valence-electron chi connectivity index (χ0n) is 22.6. The lowest BCUT2D eigenvalue weighted by Gasteiger charge is -2.33. The lowest BCUT2D eigenvalue weighted by molar-refractivity contribution is 0.0729. The maximum atomic E-state index is 13.3. The van der Waals surface area contributed by atoms with Crippen LogP contribution in [0.15, 0.2) is 58.3 Å². The van der Waals surface area contributed by atoms with Crippen LogP contribution in [0.1, 0.15) is 58.3 Å². The van der Waals surface area contributed by atoms with E-state index in [2.05, 4.69) is 43.0 Å². The Morgan fingerprint density at radius 3 is 2.73 bits per heavy atom. The normalized spacial score (nSPS) is 15.6. The van der Waals surface area contributed by atoms with Crippen LogP contribution in [0, 0.1) is 0 Å². The summed E-state index contributed by atoms with van der Waals surface area (Å²) in [5.74, 6) is -0.535. The fraction of sp³-hybridized carbons (Fsp3) is 0.296. The zero-order valence-corrected chi connectivity index (χ0v) is 22.6. The number of methoxy groups -OCH3 is 1. The van der Waals surface area contributed by atoms with Crippen LogP contribution in [-0.2, 0) is 6.54 Å². The molecule has 1 atom stereocenters. The number of hydrazone groups is 1. The molecule has 1 aliphatic rings. The van der Waals surface area contributed by atoms with E-state index in [1.54, 1.807) is 48.5 Å². The average molecular weight is 560 g/mol. The molecule has 14 nitrogen and oxygen atoms in total. The summed E-state index contributed by atoms with van der Waals surface area (Å²) in [6.45, 7) is 3.38. The summed E-state index contributed by atoms with van der Waals surface area (Å²) >= 11 is 0. The van der Waals surface area contributed by atoms with Gasteiger partial charge in [-0.2, -0.15) is 9.78 Å². The Bertz CT molecular complexity index is 1550. The summed E-state index contributed by atoms with van der Waals surface area (Å²) in [4.78, 5) is 28.2. The monoisotopic (exact) mass is 559 g/mol. The van der Waals surface area contributed by atoms with Crippen molar-refractivity contribution in [1.29, 1.82) is 0 Å². The molecule has 0 radical (unpaired) electrons. The summed E-state index contributed by atoms with van der Waals surface area (Å²) in [5, 5.41) is 19.7. The molecule has 0 aliphatic carbocycles. The predicted molar refractivity (Wildman–Crippen MR) is 147 cm³/mol. The number of rotatable bonds is 9. The molecular weight excluding hydrogens is 530 g/mol. The molecule has 212 valence electrons. The van der Waals surface area contributed by atoms with Crippen LogP contribution in [0.25, 0.3) is 5.82 Å². The molecule has 14 heteroatoms. The number of nitrogens with zero attached hydrogens (tertiary/aromatic N) is 7. The summed E-state index contributed by atoms with van der Waals surface area (Å²) in [6, 6.07) is 13.9. The molecule has 1 saturated heterocycles. The van der Waals surface area contributed by atoms with Crippen molar-refractivity contribution < 1.29 is 23.7 Å². The van der Waals surface area contributed by atoms with E-state index in [-0.39, 0.29) is 23.1 Å². The lowest BCUT2D eigenvalue weighted by atomic mass is 10.0. The number of ether oxygens (including phenoxy) is 2. The van der Waals surface area contributed by atoms with Gasteiger partial charge in [-0.15, -0.1) is 5.10 Å². The molecule has 41 heavy (non-hydrogen) atoms. The molecule has 1 aliphatic heterocycles. The van der Waals surface area contributed by atoms with Crippen LogP contribution < -0.4 is 20.6 Å². The fourth-order valence-electron chi connectivity index (χ4n) is 4.56. The van der Waals surface area contributed by atoms with Gasteiger partial charge < -0.3 is 15.2 Å². The number of piperidine rings is 1. The number of nitrogens with one attached hydrogen (secondary N) is 1. The van der Waals surface area contributed by atoms with Gasteiger partial charge in [-0.05, 0) is 60.9 Å². The van der Waals surface area contributed by atoms with Crippen molar-refractivity contribution in [3.8, 4) is 17.3 Å². The highest BCUT2D eigenvalue weighted by molar-refractivity contribution is 5.96. The van der Waals surface area contributed by atoms with Gasteiger partial charge in [-0.1, -0.05) is 35.9 Å². The fourth-order valence-corrected chi connectivity index (χ4v) is 4.56. The first-order valence-electron chi connectivity index (χ1n) is 13.0. The average Bonchev–Trinajstić information content (AvgIpc) is 3.60. The van der Waals surface area contributed by atoms with Crippen molar-refractivity contribution in [3.05, 3.63) is 71.0 Å². The Morgan fingerprint density at radius 1 is 1.17 bits per heavy atom. The molecule has 0 spiro atoms. The van der Waals surface area contributed by atoms with E-state index in [1.807, 2.05) is 0 Å². The molecule has 4 aromatic rings. The third kappa shape index (κ3) is 6.06. The first-order valence-corrected chi connectivity index (χ1v) is 13.0. The number of esters is 1. The van der Waals surface area contributed by atoms with Gasteiger partial charge in [0.15, 0.2) is 17.2 Å². The number of likely N-dealkylation sites (tertiary alicyclic amines) is 1. The maximum absolute atomic E-state index is 13.3. The summed E-state index contributed by atoms with van der Waals surface area (Å²) in [7, 11) is 1.46. The van der Waals surface area contributed by atoms with E-state index in [9.17, 15) is 9.59 Å². The van der Waals surface area contributed by atoms with Gasteiger partial charge in [0, 0.05) is 18.2 Å². The number of hydrogen-bond donors (Lipinski definition) is 2. The topological polar surface area (TPSA) is 176 Å². The van der Waals surface area contributed by atoms with Gasteiger partial charge in [-0.25, -0.2) is 14.8 Å². The van der Waals surface area contributed by atoms with E-state index < -0.39 is 11.9 Å². The Labute approximate surface area is 235 Å². The van der Waals surface area contributed by atoms with E-state index in [4.69, 9.17) is 19.8 Å². The number of para-hydroxylation sites is 1. The zero-order chi connectivity index (χ0) is 28.8. The van der Waals surface area contributed by atoms with E-state index in [0.29, 0.717) is 35.2 Å². The summed E-state index contributed by atoms with van der Waals surface area (Å²) < 4.78 is 17.1. The number of carbonyl (C=O) groups excluding carboxylic acids is 2. The van der Waals surface area contributed by atoms with Crippen molar-refractivity contribution in [2.75, 3.05) is 19.4 Å². The molecule has 2 aromatic heterocycles. The Hall–Kier alpha value is -5.11. The number of nitrogen functional groups attached to an aromatic ring is 1. The third-order valence-electron chi connectivity index (χ3n) is 6.77. The number of nitrogens with two attached hydrogens (primary N) is 1. The van der Waals surface area contributed by atoms with Gasteiger partial charge in [0.05, 0.1) is 24.6 Å². The Balaban J connectivity index is 1.38. The first-order chi connectivity index (χ1) is 20.0. The van der Waals surface area contributed by atoms with Crippen molar-refractivity contribution in [2.24, 2.45) is 5.10 Å². The molecule has 3 heterocycles. The van der Waals surface area contributed by atoms with Crippen LogP contribution in [0.2, 0.25) is 0 Å². The number of carbonyl (C=O) groups is 2. The molecule has 2 aromatic carbocycles. The molecule has 5 rings (SSSR count). The van der Waals surface area contributed by atoms with Crippen LogP contribution in [0.5, 0.6) is 11.5 Å². The molecular formula is C27H29N9O5. The Kier molecular flexibility index (Phi) is 8.29. The van der Waals surface area contributed by atoms with Crippen molar-refractivity contribution >= 4 is 23.9 Å². The minimum atomic E-state index is -0.604. The van der Waals surface area contributed by atoms with Crippen LogP contribution in [-0.4, -0.2) is 68.0 Å². The number of hydrogen-bond acceptors (Lipinski definition) is 12.